The van der Waals surface area contributed by atoms with Gasteiger partial charge in [0, 0.05) is 25.0 Å². The number of hydrogen-bond acceptors (Lipinski definition) is 3. The molecule has 1 saturated carbocycles. The van der Waals surface area contributed by atoms with Gasteiger partial charge in [0.2, 0.25) is 15.9 Å². The molecule has 1 heterocycles. The van der Waals surface area contributed by atoms with Gasteiger partial charge in [-0.25, -0.2) is 8.42 Å². The fraction of sp³-hybridized carbons (Fsp3) is 0.632. The van der Waals surface area contributed by atoms with Crippen molar-refractivity contribution >= 4 is 15.9 Å². The summed E-state index contributed by atoms with van der Waals surface area (Å²) in [5, 5.41) is 2.99. The van der Waals surface area contributed by atoms with E-state index in [0.29, 0.717) is 24.4 Å². The maximum atomic E-state index is 13.0. The standard InChI is InChI=1S/C19H28N2O3S/c1-15-8-10-18(11-9-15)25(23,24)21-14-3-2-7-17(21)12-13-20-19(22)16-5-4-6-16/h8-11,16-17H,2-7,12-14H2,1H3,(H,20,22). The van der Waals surface area contributed by atoms with Crippen LogP contribution in [0, 0.1) is 12.8 Å². The van der Waals surface area contributed by atoms with Gasteiger partial charge in [-0.05, 0) is 51.2 Å². The van der Waals surface area contributed by atoms with Crippen LogP contribution in [-0.4, -0.2) is 37.8 Å². The maximum Gasteiger partial charge on any atom is 0.243 e. The number of hydrogen-bond donors (Lipinski definition) is 1. The van der Waals surface area contributed by atoms with Crippen LogP contribution in [0.2, 0.25) is 0 Å². The molecule has 1 N–H and O–H groups in total. The fourth-order valence-corrected chi connectivity index (χ4v) is 5.32. The molecule has 2 aliphatic rings. The van der Waals surface area contributed by atoms with E-state index in [9.17, 15) is 13.2 Å². The lowest BCUT2D eigenvalue weighted by atomic mass is 9.85. The smallest absolute Gasteiger partial charge is 0.243 e. The summed E-state index contributed by atoms with van der Waals surface area (Å²) in [6.07, 6.45) is 6.61. The minimum atomic E-state index is -3.47. The number of piperidine rings is 1. The van der Waals surface area contributed by atoms with Crippen LogP contribution in [-0.2, 0) is 14.8 Å². The SMILES string of the molecule is Cc1ccc(S(=O)(=O)N2CCCCC2CCNC(=O)C2CCC2)cc1. The summed E-state index contributed by atoms with van der Waals surface area (Å²) in [5.41, 5.74) is 1.05. The Kier molecular flexibility index (Phi) is 5.79. The average Bonchev–Trinajstić information content (AvgIpc) is 2.54. The summed E-state index contributed by atoms with van der Waals surface area (Å²) >= 11 is 0. The van der Waals surface area contributed by atoms with Crippen LogP contribution in [0.1, 0.15) is 50.5 Å². The highest BCUT2D eigenvalue weighted by Crippen LogP contribution is 2.28. The Morgan fingerprint density at radius 1 is 1.12 bits per heavy atom. The summed E-state index contributed by atoms with van der Waals surface area (Å²) in [6, 6.07) is 7.03. The topological polar surface area (TPSA) is 66.5 Å². The molecular formula is C19H28N2O3S. The van der Waals surface area contributed by atoms with E-state index >= 15 is 0 Å². The highest BCUT2D eigenvalue weighted by molar-refractivity contribution is 7.89. The Labute approximate surface area is 150 Å². The van der Waals surface area contributed by atoms with Gasteiger partial charge >= 0.3 is 0 Å². The first-order valence-corrected chi connectivity index (χ1v) is 10.8. The van der Waals surface area contributed by atoms with E-state index in [4.69, 9.17) is 0 Å². The number of sulfonamides is 1. The first-order chi connectivity index (χ1) is 12.0. The molecule has 0 radical (unpaired) electrons. The van der Waals surface area contributed by atoms with E-state index in [0.717, 1.165) is 44.1 Å². The van der Waals surface area contributed by atoms with E-state index in [1.165, 1.54) is 0 Å². The highest BCUT2D eigenvalue weighted by atomic mass is 32.2. The third-order valence-corrected chi connectivity index (χ3v) is 7.42. The Bertz CT molecular complexity index is 696. The van der Waals surface area contributed by atoms with Crippen molar-refractivity contribution in [1.29, 1.82) is 0 Å². The van der Waals surface area contributed by atoms with E-state index in [1.54, 1.807) is 16.4 Å². The van der Waals surface area contributed by atoms with E-state index in [1.807, 2.05) is 19.1 Å². The molecule has 1 aromatic rings. The van der Waals surface area contributed by atoms with Crippen molar-refractivity contribution in [3.05, 3.63) is 29.8 Å². The second-order valence-electron chi connectivity index (χ2n) is 7.29. The third kappa shape index (κ3) is 4.23. The summed E-state index contributed by atoms with van der Waals surface area (Å²) in [4.78, 5) is 12.3. The van der Waals surface area contributed by atoms with Crippen LogP contribution >= 0.6 is 0 Å². The summed E-state index contributed by atoms with van der Waals surface area (Å²) in [6.45, 7) is 3.07. The molecule has 1 aromatic carbocycles. The lowest BCUT2D eigenvalue weighted by molar-refractivity contribution is -0.127. The van der Waals surface area contributed by atoms with Crippen molar-refractivity contribution in [2.24, 2.45) is 5.92 Å². The third-order valence-electron chi connectivity index (χ3n) is 5.45. The Hall–Kier alpha value is -1.40. The molecule has 6 heteroatoms. The molecule has 0 spiro atoms. The predicted octanol–water partition coefficient (Wildman–Crippen LogP) is 2.84. The number of rotatable bonds is 6. The van der Waals surface area contributed by atoms with E-state index in [-0.39, 0.29) is 17.9 Å². The Balaban J connectivity index is 1.63. The molecule has 5 nitrogen and oxygen atoms in total. The molecular weight excluding hydrogens is 336 g/mol. The van der Waals surface area contributed by atoms with Crippen LogP contribution in [0.3, 0.4) is 0 Å². The highest BCUT2D eigenvalue weighted by Gasteiger charge is 2.33. The molecule has 0 bridgehead atoms. The number of nitrogens with zero attached hydrogens (tertiary/aromatic N) is 1. The lowest BCUT2D eigenvalue weighted by Crippen LogP contribution is -2.45. The lowest BCUT2D eigenvalue weighted by Gasteiger charge is -2.35. The molecule has 1 aliphatic heterocycles. The molecule has 1 unspecified atom stereocenters. The van der Waals surface area contributed by atoms with Crippen molar-refractivity contribution in [3.63, 3.8) is 0 Å². The number of nitrogens with one attached hydrogen (secondary N) is 1. The molecule has 1 amide bonds. The summed E-state index contributed by atoms with van der Waals surface area (Å²) in [5.74, 6) is 0.314. The Morgan fingerprint density at radius 3 is 2.48 bits per heavy atom. The average molecular weight is 365 g/mol. The second kappa shape index (κ2) is 7.87. The fourth-order valence-electron chi connectivity index (χ4n) is 3.60. The number of amides is 1. The molecule has 0 aromatic heterocycles. The quantitative estimate of drug-likeness (QED) is 0.844. The van der Waals surface area contributed by atoms with Gasteiger partial charge in [-0.1, -0.05) is 30.5 Å². The number of benzene rings is 1. The molecule has 1 saturated heterocycles. The van der Waals surface area contributed by atoms with Gasteiger partial charge in [0.05, 0.1) is 4.90 Å². The zero-order chi connectivity index (χ0) is 17.9. The number of carbonyl (C=O) groups excluding carboxylic acids is 1. The number of aryl methyl sites for hydroxylation is 1. The molecule has 1 atom stereocenters. The Morgan fingerprint density at radius 2 is 1.84 bits per heavy atom. The van der Waals surface area contributed by atoms with Gasteiger partial charge in [0.1, 0.15) is 0 Å². The van der Waals surface area contributed by atoms with Gasteiger partial charge in [0.15, 0.2) is 0 Å². The first kappa shape index (κ1) is 18.4. The van der Waals surface area contributed by atoms with Crippen molar-refractivity contribution in [1.82, 2.24) is 9.62 Å². The normalized spacial score (nSPS) is 22.4. The van der Waals surface area contributed by atoms with E-state index < -0.39 is 10.0 Å². The van der Waals surface area contributed by atoms with Gasteiger partial charge in [0.25, 0.3) is 0 Å². The largest absolute Gasteiger partial charge is 0.356 e. The molecule has 25 heavy (non-hydrogen) atoms. The van der Waals surface area contributed by atoms with Crippen molar-refractivity contribution in [2.75, 3.05) is 13.1 Å². The van der Waals surface area contributed by atoms with Gasteiger partial charge in [-0.2, -0.15) is 4.31 Å². The maximum absolute atomic E-state index is 13.0. The van der Waals surface area contributed by atoms with Gasteiger partial charge in [-0.15, -0.1) is 0 Å². The van der Waals surface area contributed by atoms with Crippen molar-refractivity contribution in [2.45, 2.75) is 62.8 Å². The van der Waals surface area contributed by atoms with Crippen LogP contribution in [0.15, 0.2) is 29.2 Å². The van der Waals surface area contributed by atoms with Crippen molar-refractivity contribution in [3.8, 4) is 0 Å². The van der Waals surface area contributed by atoms with Gasteiger partial charge in [-0.3, -0.25) is 4.79 Å². The van der Waals surface area contributed by atoms with Crippen LogP contribution < -0.4 is 5.32 Å². The van der Waals surface area contributed by atoms with E-state index in [2.05, 4.69) is 5.32 Å². The minimum absolute atomic E-state index is 0.0262. The monoisotopic (exact) mass is 364 g/mol. The zero-order valence-corrected chi connectivity index (χ0v) is 15.7. The first-order valence-electron chi connectivity index (χ1n) is 9.35. The molecule has 138 valence electrons. The molecule has 2 fully saturated rings. The summed E-state index contributed by atoms with van der Waals surface area (Å²) < 4.78 is 27.7. The van der Waals surface area contributed by atoms with Gasteiger partial charge < -0.3 is 5.32 Å². The number of carbonyl (C=O) groups is 1. The second-order valence-corrected chi connectivity index (χ2v) is 9.18. The van der Waals surface area contributed by atoms with Crippen LogP contribution in [0.5, 0.6) is 0 Å². The molecule has 3 rings (SSSR count). The summed E-state index contributed by atoms with van der Waals surface area (Å²) in [7, 11) is -3.47. The van der Waals surface area contributed by atoms with Crippen LogP contribution in [0.4, 0.5) is 0 Å². The van der Waals surface area contributed by atoms with Crippen LogP contribution in [0.25, 0.3) is 0 Å². The molecule has 1 aliphatic carbocycles. The zero-order valence-electron chi connectivity index (χ0n) is 14.9. The van der Waals surface area contributed by atoms with Crippen molar-refractivity contribution < 1.29 is 13.2 Å². The minimum Gasteiger partial charge on any atom is -0.356 e. The predicted molar refractivity (Wildman–Crippen MR) is 97.7 cm³/mol.